The summed E-state index contributed by atoms with van der Waals surface area (Å²) in [7, 11) is 0. The highest BCUT2D eigenvalue weighted by Crippen LogP contribution is 2.38. The third-order valence-corrected chi connectivity index (χ3v) is 7.61. The summed E-state index contributed by atoms with van der Waals surface area (Å²) in [6.45, 7) is 1.47. The molecule has 44 heavy (non-hydrogen) atoms. The largest absolute Gasteiger partial charge is 0.490 e. The predicted octanol–water partition coefficient (Wildman–Crippen LogP) is 5.64. The van der Waals surface area contributed by atoms with Crippen molar-refractivity contribution in [2.45, 2.75) is 32.0 Å². The van der Waals surface area contributed by atoms with Gasteiger partial charge < -0.3 is 25.2 Å². The fourth-order valence-corrected chi connectivity index (χ4v) is 4.93. The number of aliphatic carboxylic acids is 1. The molecule has 2 aromatic carbocycles. The molecule has 11 nitrogen and oxygen atoms in total. The monoisotopic (exact) mass is 614 g/mol. The zero-order valence-electron chi connectivity index (χ0n) is 23.2. The lowest BCUT2D eigenvalue weighted by Gasteiger charge is -2.37. The van der Waals surface area contributed by atoms with Crippen LogP contribution < -0.4 is 10.1 Å². The Hall–Kier alpha value is -5.08. The summed E-state index contributed by atoms with van der Waals surface area (Å²) in [6.07, 6.45) is -2.35. The Labute approximate surface area is 247 Å². The van der Waals surface area contributed by atoms with Gasteiger partial charge in [-0.05, 0) is 55.2 Å². The van der Waals surface area contributed by atoms with Gasteiger partial charge in [0.1, 0.15) is 41.3 Å². The number of nitrogens with zero attached hydrogens (tertiary/aromatic N) is 5. The highest BCUT2D eigenvalue weighted by molar-refractivity contribution is 5.96. The highest BCUT2D eigenvalue weighted by atomic mass is 19.4. The van der Waals surface area contributed by atoms with Crippen LogP contribution in [-0.2, 0) is 11.0 Å². The van der Waals surface area contributed by atoms with Crippen LogP contribution in [0.3, 0.4) is 0 Å². The number of rotatable bonds is 8. The topological polar surface area (TPSA) is 151 Å². The van der Waals surface area contributed by atoms with E-state index in [2.05, 4.69) is 25.3 Å². The number of piperidine rings is 1. The number of ether oxygens (including phenoxy) is 1. The summed E-state index contributed by atoms with van der Waals surface area (Å²) in [5.41, 5.74) is 0.496. The zero-order chi connectivity index (χ0) is 31.6. The number of hydrogen-bond donors (Lipinski definition) is 3. The summed E-state index contributed by atoms with van der Waals surface area (Å²) in [5.74, 6) is -2.33. The van der Waals surface area contributed by atoms with Crippen LogP contribution in [0.25, 0.3) is 22.0 Å². The van der Waals surface area contributed by atoms with Crippen molar-refractivity contribution in [3.63, 3.8) is 0 Å². The minimum Gasteiger partial charge on any atom is -0.490 e. The van der Waals surface area contributed by atoms with Gasteiger partial charge in [-0.25, -0.2) is 29.1 Å². The Kier molecular flexibility index (Phi) is 8.21. The second-order valence-electron chi connectivity index (χ2n) is 10.4. The Morgan fingerprint density at radius 2 is 1.68 bits per heavy atom. The van der Waals surface area contributed by atoms with Gasteiger partial charge in [-0.1, -0.05) is 12.1 Å². The number of carbonyl (C=O) groups is 2. The smallest absolute Gasteiger partial charge is 0.451 e. The van der Waals surface area contributed by atoms with Crippen LogP contribution in [0.4, 0.5) is 28.2 Å². The summed E-state index contributed by atoms with van der Waals surface area (Å²) in [5, 5.41) is 23.0. The van der Waals surface area contributed by atoms with Crippen LogP contribution in [0.5, 0.6) is 5.75 Å². The van der Waals surface area contributed by atoms with Gasteiger partial charge in [0.25, 0.3) is 0 Å². The SMILES string of the molecule is C[C@@H](Nc1ncnc2c(OCC3(C(=O)O)CCN(C(=O)O)CC3)cc(-c3ccc(F)cc3)cc12)c1cnc(C(F)(F)F)nc1. The Balaban J connectivity index is 1.50. The number of hydrogen-bond acceptors (Lipinski definition) is 8. The third kappa shape index (κ3) is 6.31. The summed E-state index contributed by atoms with van der Waals surface area (Å²) in [6, 6.07) is 8.45. The van der Waals surface area contributed by atoms with E-state index in [9.17, 15) is 37.4 Å². The summed E-state index contributed by atoms with van der Waals surface area (Å²) in [4.78, 5) is 40.4. The number of carboxylic acid groups (broad SMARTS) is 2. The molecule has 230 valence electrons. The Morgan fingerprint density at radius 1 is 1.02 bits per heavy atom. The van der Waals surface area contributed by atoms with E-state index < -0.39 is 41.3 Å². The van der Waals surface area contributed by atoms with Crippen LogP contribution in [0.1, 0.15) is 37.2 Å². The van der Waals surface area contributed by atoms with Crippen molar-refractivity contribution in [2.24, 2.45) is 5.41 Å². The van der Waals surface area contributed by atoms with E-state index >= 15 is 0 Å². The van der Waals surface area contributed by atoms with Gasteiger partial charge >= 0.3 is 18.2 Å². The molecule has 15 heteroatoms. The van der Waals surface area contributed by atoms with E-state index in [0.29, 0.717) is 33.4 Å². The van der Waals surface area contributed by atoms with Crippen LogP contribution in [0.2, 0.25) is 0 Å². The second kappa shape index (κ2) is 11.9. The molecule has 2 aromatic heterocycles. The van der Waals surface area contributed by atoms with Crippen molar-refractivity contribution >= 4 is 28.8 Å². The maximum absolute atomic E-state index is 13.7. The lowest BCUT2D eigenvalue weighted by atomic mass is 9.79. The average Bonchev–Trinajstić information content (AvgIpc) is 3.00. The van der Waals surface area contributed by atoms with Gasteiger partial charge in [-0.15, -0.1) is 0 Å². The highest BCUT2D eigenvalue weighted by Gasteiger charge is 2.43. The van der Waals surface area contributed by atoms with Crippen LogP contribution in [0, 0.1) is 11.2 Å². The van der Waals surface area contributed by atoms with Crippen LogP contribution >= 0.6 is 0 Å². The van der Waals surface area contributed by atoms with Gasteiger partial charge in [0.05, 0.1) is 6.04 Å². The molecule has 0 unspecified atom stereocenters. The molecular formula is C29H26F4N6O5. The first-order valence-electron chi connectivity index (χ1n) is 13.4. The third-order valence-electron chi connectivity index (χ3n) is 7.61. The predicted molar refractivity (Wildman–Crippen MR) is 148 cm³/mol. The lowest BCUT2D eigenvalue weighted by molar-refractivity contribution is -0.154. The van der Waals surface area contributed by atoms with E-state index in [0.717, 1.165) is 17.3 Å². The van der Waals surface area contributed by atoms with Crippen molar-refractivity contribution < 1.29 is 42.1 Å². The molecule has 0 radical (unpaired) electrons. The quantitative estimate of drug-likeness (QED) is 0.213. The number of carboxylic acids is 1. The first kappa shape index (κ1) is 30.4. The van der Waals surface area contributed by atoms with E-state index in [4.69, 9.17) is 4.74 Å². The molecular weight excluding hydrogens is 588 g/mol. The summed E-state index contributed by atoms with van der Waals surface area (Å²) < 4.78 is 58.6. The Morgan fingerprint density at radius 3 is 2.27 bits per heavy atom. The maximum atomic E-state index is 13.7. The van der Waals surface area contributed by atoms with Crippen molar-refractivity contribution in [3.8, 4) is 16.9 Å². The van der Waals surface area contributed by atoms with Crippen molar-refractivity contribution in [2.75, 3.05) is 25.0 Å². The molecule has 1 aliphatic rings. The zero-order valence-corrected chi connectivity index (χ0v) is 23.2. The van der Waals surface area contributed by atoms with E-state index in [-0.39, 0.29) is 38.3 Å². The number of aromatic nitrogens is 4. The standard InChI is InChI=1S/C29H26F4N6O5/c1-16(19-12-34-25(35-13-19)29(31,32)33)38-24-21-10-18(17-2-4-20(30)5-3-17)11-22(23(21)36-15-37-24)44-14-28(26(40)41)6-8-39(9-7-28)27(42)43/h2-5,10-13,15-16H,6-9,14H2,1H3,(H,40,41)(H,42,43)(H,36,37,38)/t16-/m1/s1. The molecule has 4 aromatic rings. The minimum absolute atomic E-state index is 0.0309. The number of alkyl halides is 3. The summed E-state index contributed by atoms with van der Waals surface area (Å²) >= 11 is 0. The number of likely N-dealkylation sites (tertiary alicyclic amines) is 1. The minimum atomic E-state index is -4.68. The first-order chi connectivity index (χ1) is 20.9. The van der Waals surface area contributed by atoms with Gasteiger partial charge in [-0.2, -0.15) is 13.2 Å². The normalized spacial score (nSPS) is 15.5. The Bertz CT molecular complexity index is 1680. The molecule has 1 aliphatic heterocycles. The molecule has 5 rings (SSSR count). The lowest BCUT2D eigenvalue weighted by Crippen LogP contribution is -2.49. The molecule has 0 spiro atoms. The molecule has 0 bridgehead atoms. The van der Waals surface area contributed by atoms with Crippen molar-refractivity contribution in [1.82, 2.24) is 24.8 Å². The van der Waals surface area contributed by atoms with E-state index in [1.54, 1.807) is 31.2 Å². The number of amides is 1. The molecule has 1 atom stereocenters. The molecule has 1 fully saturated rings. The van der Waals surface area contributed by atoms with Gasteiger partial charge in [0, 0.05) is 36.4 Å². The van der Waals surface area contributed by atoms with Gasteiger partial charge in [0.2, 0.25) is 5.82 Å². The molecule has 0 saturated carbocycles. The number of halogens is 4. The maximum Gasteiger partial charge on any atom is 0.451 e. The van der Waals surface area contributed by atoms with Crippen LogP contribution in [-0.4, -0.2) is 66.8 Å². The number of nitrogens with one attached hydrogen (secondary N) is 1. The number of fused-ring (bicyclic) bond motifs is 1. The van der Waals surface area contributed by atoms with Crippen molar-refractivity contribution in [1.29, 1.82) is 0 Å². The van der Waals surface area contributed by atoms with E-state index in [1.807, 2.05) is 0 Å². The average molecular weight is 615 g/mol. The second-order valence-corrected chi connectivity index (χ2v) is 10.4. The fourth-order valence-electron chi connectivity index (χ4n) is 4.93. The molecule has 0 aliphatic carbocycles. The van der Waals surface area contributed by atoms with Crippen molar-refractivity contribution in [3.05, 3.63) is 72.3 Å². The number of anilines is 1. The van der Waals surface area contributed by atoms with Gasteiger partial charge in [0.15, 0.2) is 0 Å². The van der Waals surface area contributed by atoms with E-state index in [1.165, 1.54) is 18.5 Å². The first-order valence-corrected chi connectivity index (χ1v) is 13.4. The molecule has 1 amide bonds. The molecule has 3 heterocycles. The number of benzene rings is 2. The fraction of sp³-hybridized carbons (Fsp3) is 0.310. The molecule has 1 saturated heterocycles. The molecule has 3 N–H and O–H groups in total. The van der Waals surface area contributed by atoms with Crippen LogP contribution in [0.15, 0.2) is 55.1 Å². The van der Waals surface area contributed by atoms with Gasteiger partial charge in [-0.3, -0.25) is 4.79 Å².